The predicted molar refractivity (Wildman–Crippen MR) is 109 cm³/mol. The molecular formula is C19H17N5O4S. The van der Waals surface area contributed by atoms with E-state index in [1.54, 1.807) is 24.5 Å². The number of ether oxygens (including phenoxy) is 1. The Bertz CT molecular complexity index is 1160. The molecule has 0 saturated heterocycles. The summed E-state index contributed by atoms with van der Waals surface area (Å²) in [5, 5.41) is 21.8. The van der Waals surface area contributed by atoms with Crippen LogP contribution in [-0.4, -0.2) is 33.9 Å². The monoisotopic (exact) mass is 411 g/mol. The standard InChI is InChI=1S/C19H17N5O4S/c1-3-28-15-9-8-11(24(26)27)10-13(15)17-20-14-7-5-4-6-12(14)16-18(25)21-19(29-2)22-23(16)17/h4-10,17H,3H2,1-2H3,(H,21,22,25)/t17-/m1/s1. The number of nitro benzene ring substituents is 1. The normalized spacial score (nSPS) is 17.5. The second-order valence-corrected chi connectivity index (χ2v) is 6.98. The summed E-state index contributed by atoms with van der Waals surface area (Å²) < 4.78 is 5.70. The molecule has 4 rings (SSSR count). The fraction of sp³-hybridized carbons (Fsp3) is 0.211. The Balaban J connectivity index is 1.99. The zero-order valence-corrected chi connectivity index (χ0v) is 16.5. The number of hydrazone groups is 1. The minimum absolute atomic E-state index is 0.0883. The molecule has 2 aromatic carbocycles. The summed E-state index contributed by atoms with van der Waals surface area (Å²) >= 11 is 1.29. The number of hydrogen-bond donors (Lipinski definition) is 1. The van der Waals surface area contributed by atoms with Crippen LogP contribution < -0.4 is 20.6 Å². The van der Waals surface area contributed by atoms with E-state index in [0.717, 1.165) is 0 Å². The maximum absolute atomic E-state index is 12.9. The smallest absolute Gasteiger partial charge is 0.276 e. The van der Waals surface area contributed by atoms with Crippen LogP contribution in [0.4, 0.5) is 5.69 Å². The van der Waals surface area contributed by atoms with Gasteiger partial charge in [0, 0.05) is 22.9 Å². The van der Waals surface area contributed by atoms with E-state index in [4.69, 9.17) is 9.73 Å². The highest BCUT2D eigenvalue weighted by Crippen LogP contribution is 2.37. The average molecular weight is 411 g/mol. The van der Waals surface area contributed by atoms with Gasteiger partial charge in [-0.3, -0.25) is 25.2 Å². The molecule has 2 aromatic rings. The van der Waals surface area contributed by atoms with Gasteiger partial charge in [0.05, 0.1) is 16.9 Å². The Kier molecular flexibility index (Phi) is 4.93. The van der Waals surface area contributed by atoms with E-state index < -0.39 is 11.1 Å². The molecule has 0 fully saturated rings. The number of amides is 1. The molecule has 0 radical (unpaired) electrons. The molecule has 2 aliphatic heterocycles. The third-order valence-electron chi connectivity index (χ3n) is 4.49. The van der Waals surface area contributed by atoms with E-state index in [-0.39, 0.29) is 11.6 Å². The summed E-state index contributed by atoms with van der Waals surface area (Å²) in [6, 6.07) is 11.6. The van der Waals surface area contributed by atoms with Gasteiger partial charge in [0.2, 0.25) is 0 Å². The van der Waals surface area contributed by atoms with E-state index in [1.807, 2.05) is 19.1 Å². The molecule has 29 heavy (non-hydrogen) atoms. The van der Waals surface area contributed by atoms with Crippen molar-refractivity contribution in [3.8, 4) is 5.75 Å². The Labute approximate surface area is 169 Å². The Hall–Kier alpha value is -3.40. The van der Waals surface area contributed by atoms with E-state index in [0.29, 0.717) is 39.4 Å². The lowest BCUT2D eigenvalue weighted by molar-refractivity contribution is -0.385. The summed E-state index contributed by atoms with van der Waals surface area (Å²) in [6.45, 7) is 2.21. The fourth-order valence-electron chi connectivity index (χ4n) is 3.26. The van der Waals surface area contributed by atoms with Crippen LogP contribution in [-0.2, 0) is 4.79 Å². The van der Waals surface area contributed by atoms with E-state index in [2.05, 4.69) is 10.4 Å². The first-order valence-electron chi connectivity index (χ1n) is 8.85. The second-order valence-electron chi connectivity index (χ2n) is 6.19. The lowest BCUT2D eigenvalue weighted by Gasteiger charge is -2.34. The van der Waals surface area contributed by atoms with Crippen molar-refractivity contribution in [1.29, 1.82) is 0 Å². The van der Waals surface area contributed by atoms with Crippen LogP contribution in [0.5, 0.6) is 5.75 Å². The van der Waals surface area contributed by atoms with Gasteiger partial charge in [-0.1, -0.05) is 30.0 Å². The molecule has 9 nitrogen and oxygen atoms in total. The van der Waals surface area contributed by atoms with Crippen LogP contribution in [0, 0.1) is 10.1 Å². The Morgan fingerprint density at radius 2 is 2.10 bits per heavy atom. The number of carbonyl (C=O) groups excluding carboxylic acids is 1. The topological polar surface area (TPSA) is 109 Å². The first-order chi connectivity index (χ1) is 14.0. The summed E-state index contributed by atoms with van der Waals surface area (Å²) in [7, 11) is 0. The van der Waals surface area contributed by atoms with E-state index in [1.165, 1.54) is 28.9 Å². The van der Waals surface area contributed by atoms with Crippen molar-refractivity contribution < 1.29 is 14.5 Å². The average Bonchev–Trinajstić information content (AvgIpc) is 2.73. The number of para-hydroxylation sites is 1. The SMILES string of the molecule is CCOc1ccc([N+](=O)[O-])cc1[C@@H]1N=c2ccccc2=C2C(=O)NC(SC)=NN21. The number of amidine groups is 1. The van der Waals surface area contributed by atoms with Crippen molar-refractivity contribution in [3.63, 3.8) is 0 Å². The zero-order valence-electron chi connectivity index (χ0n) is 15.7. The highest BCUT2D eigenvalue weighted by atomic mass is 32.2. The van der Waals surface area contributed by atoms with Crippen molar-refractivity contribution in [3.05, 3.63) is 68.7 Å². The number of rotatable bonds is 4. The molecule has 0 saturated carbocycles. The number of nitrogens with zero attached hydrogens (tertiary/aromatic N) is 4. The minimum atomic E-state index is -0.783. The zero-order chi connectivity index (χ0) is 20.5. The van der Waals surface area contributed by atoms with Gasteiger partial charge in [-0.15, -0.1) is 5.10 Å². The van der Waals surface area contributed by atoms with Gasteiger partial charge in [0.15, 0.2) is 11.3 Å². The van der Waals surface area contributed by atoms with Gasteiger partial charge in [0.25, 0.3) is 11.6 Å². The molecule has 1 amide bonds. The lowest BCUT2D eigenvalue weighted by atomic mass is 10.1. The van der Waals surface area contributed by atoms with Crippen molar-refractivity contribution >= 4 is 34.2 Å². The summed E-state index contributed by atoms with van der Waals surface area (Å²) in [6.07, 6.45) is 1.02. The summed E-state index contributed by atoms with van der Waals surface area (Å²) in [4.78, 5) is 28.5. The molecule has 0 unspecified atom stereocenters. The van der Waals surface area contributed by atoms with Crippen LogP contribution in [0.2, 0.25) is 0 Å². The highest BCUT2D eigenvalue weighted by Gasteiger charge is 2.36. The molecular weight excluding hydrogens is 394 g/mol. The molecule has 0 aliphatic carbocycles. The summed E-state index contributed by atoms with van der Waals surface area (Å²) in [5.41, 5.74) is 0.717. The third-order valence-corrected chi connectivity index (χ3v) is 5.06. The number of fused-ring (bicyclic) bond motifs is 2. The number of nitrogens with one attached hydrogen (secondary N) is 1. The second kappa shape index (κ2) is 7.55. The first kappa shape index (κ1) is 18.9. The number of benzene rings is 2. The third kappa shape index (κ3) is 3.31. The van der Waals surface area contributed by atoms with Crippen LogP contribution in [0.25, 0.3) is 5.70 Å². The molecule has 148 valence electrons. The highest BCUT2D eigenvalue weighted by molar-refractivity contribution is 8.13. The molecule has 0 spiro atoms. The Morgan fingerprint density at radius 1 is 1.31 bits per heavy atom. The molecule has 1 atom stereocenters. The van der Waals surface area contributed by atoms with Gasteiger partial charge >= 0.3 is 0 Å². The lowest BCUT2D eigenvalue weighted by Crippen LogP contribution is -2.50. The molecule has 1 N–H and O–H groups in total. The number of carbonyl (C=O) groups is 1. The molecule has 0 bridgehead atoms. The molecule has 10 heteroatoms. The minimum Gasteiger partial charge on any atom is -0.493 e. The number of non-ortho nitro benzene ring substituents is 1. The van der Waals surface area contributed by atoms with Crippen LogP contribution in [0.15, 0.2) is 52.6 Å². The fourth-order valence-corrected chi connectivity index (χ4v) is 3.62. The van der Waals surface area contributed by atoms with E-state index >= 15 is 0 Å². The van der Waals surface area contributed by atoms with Gasteiger partial charge in [-0.05, 0) is 25.3 Å². The number of nitro groups is 1. The van der Waals surface area contributed by atoms with Crippen LogP contribution in [0.3, 0.4) is 0 Å². The predicted octanol–water partition coefficient (Wildman–Crippen LogP) is 1.50. The van der Waals surface area contributed by atoms with Gasteiger partial charge in [-0.25, -0.2) is 5.01 Å². The molecule has 0 aromatic heterocycles. The largest absolute Gasteiger partial charge is 0.493 e. The van der Waals surface area contributed by atoms with Gasteiger partial charge in [-0.2, -0.15) is 0 Å². The van der Waals surface area contributed by atoms with Crippen LogP contribution >= 0.6 is 11.8 Å². The van der Waals surface area contributed by atoms with Gasteiger partial charge in [0.1, 0.15) is 11.4 Å². The maximum Gasteiger partial charge on any atom is 0.276 e. The maximum atomic E-state index is 12.9. The van der Waals surface area contributed by atoms with Gasteiger partial charge < -0.3 is 4.74 Å². The van der Waals surface area contributed by atoms with Crippen molar-refractivity contribution in [2.45, 2.75) is 13.1 Å². The molecule has 2 aliphatic rings. The Morgan fingerprint density at radius 3 is 2.83 bits per heavy atom. The summed E-state index contributed by atoms with van der Waals surface area (Å²) in [5.74, 6) is 0.151. The number of hydrogen-bond acceptors (Lipinski definition) is 8. The number of thioether (sulfide) groups is 1. The quantitative estimate of drug-likeness (QED) is 0.603. The van der Waals surface area contributed by atoms with Crippen molar-refractivity contribution in [2.75, 3.05) is 12.9 Å². The van der Waals surface area contributed by atoms with E-state index in [9.17, 15) is 14.9 Å². The first-order valence-corrected chi connectivity index (χ1v) is 10.1. The molecule has 2 heterocycles. The van der Waals surface area contributed by atoms with Crippen molar-refractivity contribution in [1.82, 2.24) is 10.3 Å². The van der Waals surface area contributed by atoms with Crippen molar-refractivity contribution in [2.24, 2.45) is 10.1 Å². The van der Waals surface area contributed by atoms with Crippen LogP contribution in [0.1, 0.15) is 18.7 Å².